The summed E-state index contributed by atoms with van der Waals surface area (Å²) in [4.78, 5) is 26.8. The van der Waals surface area contributed by atoms with Crippen LogP contribution in [0.5, 0.6) is 5.75 Å². The van der Waals surface area contributed by atoms with E-state index < -0.39 is 46.8 Å². The van der Waals surface area contributed by atoms with Gasteiger partial charge >= 0.3 is 12.4 Å². The van der Waals surface area contributed by atoms with E-state index in [1.165, 1.54) is 7.11 Å². The van der Waals surface area contributed by atoms with Gasteiger partial charge in [-0.2, -0.15) is 39.0 Å². The van der Waals surface area contributed by atoms with E-state index in [-0.39, 0.29) is 43.3 Å². The first kappa shape index (κ1) is 34.5. The van der Waals surface area contributed by atoms with Gasteiger partial charge in [-0.3, -0.25) is 9.59 Å². The number of rotatable bonds is 6. The van der Waals surface area contributed by atoms with Crippen LogP contribution in [0, 0.1) is 11.2 Å². The number of amides is 2. The van der Waals surface area contributed by atoms with Crippen LogP contribution in [0.15, 0.2) is 54.6 Å². The highest BCUT2D eigenvalue weighted by atomic mass is 32.1. The van der Waals surface area contributed by atoms with Gasteiger partial charge in [-0.15, -0.1) is 11.3 Å². The predicted molar refractivity (Wildman–Crippen MR) is 169 cm³/mol. The number of methoxy groups -OCH3 is 1. The van der Waals surface area contributed by atoms with Gasteiger partial charge in [-0.25, -0.2) is 4.39 Å². The predicted octanol–water partition coefficient (Wildman–Crippen LogP) is 8.60. The van der Waals surface area contributed by atoms with Crippen LogP contribution in [-0.2, 0) is 12.4 Å². The highest BCUT2D eigenvalue weighted by molar-refractivity contribution is 7.79. The molecule has 1 aliphatic heterocycles. The van der Waals surface area contributed by atoms with E-state index >= 15 is 0 Å². The molecule has 0 unspecified atom stereocenters. The van der Waals surface area contributed by atoms with Gasteiger partial charge in [0.15, 0.2) is 0 Å². The van der Waals surface area contributed by atoms with Gasteiger partial charge < -0.3 is 20.7 Å². The van der Waals surface area contributed by atoms with Crippen LogP contribution in [-0.4, -0.2) is 38.3 Å². The van der Waals surface area contributed by atoms with Crippen molar-refractivity contribution in [3.05, 3.63) is 87.5 Å². The SMILES string of the molecule is COc1ccc(C2CC3(CNC3)C2)cc1C(=O)Nc1c(C(=O)Nc2ccc(F)c(C(F)(F)F)c2)sc2cc(C(F)(F)F)ccc12.CS. The summed E-state index contributed by atoms with van der Waals surface area (Å²) in [6.45, 7) is 1.88. The van der Waals surface area contributed by atoms with Crippen LogP contribution in [0.2, 0.25) is 0 Å². The highest BCUT2D eigenvalue weighted by Gasteiger charge is 2.48. The molecule has 2 amide bonds. The average Bonchev–Trinajstić information content (AvgIpc) is 3.34. The number of hydrogen-bond acceptors (Lipinski definition) is 6. The van der Waals surface area contributed by atoms with Crippen LogP contribution in [0.4, 0.5) is 42.1 Å². The van der Waals surface area contributed by atoms with E-state index in [1.807, 2.05) is 6.07 Å². The van der Waals surface area contributed by atoms with Crippen LogP contribution in [0.25, 0.3) is 10.1 Å². The summed E-state index contributed by atoms with van der Waals surface area (Å²) in [6.07, 6.45) is -6.14. The zero-order chi connectivity index (χ0) is 34.3. The number of anilines is 2. The molecule has 1 aromatic heterocycles. The largest absolute Gasteiger partial charge is 0.496 e. The summed E-state index contributed by atoms with van der Waals surface area (Å²) >= 11 is 4.14. The number of carbonyl (C=O) groups is 2. The average molecular weight is 700 g/mol. The van der Waals surface area contributed by atoms with E-state index in [4.69, 9.17) is 4.74 Å². The lowest BCUT2D eigenvalue weighted by molar-refractivity contribution is -0.140. The second kappa shape index (κ2) is 13.0. The van der Waals surface area contributed by atoms with Gasteiger partial charge in [0.1, 0.15) is 16.4 Å². The molecule has 3 N–H and O–H groups in total. The number of hydrogen-bond donors (Lipinski definition) is 4. The number of thiol groups is 1. The zero-order valence-electron chi connectivity index (χ0n) is 24.8. The molecule has 4 aromatic rings. The third kappa shape index (κ3) is 6.92. The van der Waals surface area contributed by atoms with Crippen LogP contribution < -0.4 is 20.7 Å². The molecule has 1 saturated carbocycles. The van der Waals surface area contributed by atoms with Crippen molar-refractivity contribution < 1.29 is 45.1 Å². The fourth-order valence-electron chi connectivity index (χ4n) is 5.89. The third-order valence-electron chi connectivity index (χ3n) is 8.29. The summed E-state index contributed by atoms with van der Waals surface area (Å²) in [7, 11) is 1.37. The van der Waals surface area contributed by atoms with Gasteiger partial charge in [0.25, 0.3) is 11.8 Å². The van der Waals surface area contributed by atoms with Gasteiger partial charge in [0, 0.05) is 28.9 Å². The smallest absolute Gasteiger partial charge is 0.419 e. The third-order valence-corrected chi connectivity index (χ3v) is 9.44. The Hall–Kier alpha value is -3.82. The molecule has 2 aliphatic rings. The van der Waals surface area contributed by atoms with E-state index in [9.17, 15) is 40.3 Å². The van der Waals surface area contributed by atoms with Crippen molar-refractivity contribution in [2.45, 2.75) is 31.1 Å². The Morgan fingerprint density at radius 3 is 2.21 bits per heavy atom. The Labute approximate surface area is 274 Å². The van der Waals surface area contributed by atoms with Gasteiger partial charge in [-0.1, -0.05) is 12.1 Å². The molecular weight excluding hydrogens is 671 g/mol. The summed E-state index contributed by atoms with van der Waals surface area (Å²) in [5.41, 5.74) is -1.84. The Balaban J connectivity index is 0.00000213. The standard InChI is InChI=1S/C31H24F7N3O3S.CH4S/c1-44-23-7-2-15(16-11-29(12-16)13-39-14-29)8-20(23)27(42)41-25-19-5-3-17(30(33,34)35)9-24(19)45-26(25)28(43)40-18-4-6-22(32)21(10-18)31(36,37)38;1-2/h2-10,16,39H,11-14H2,1H3,(H,40,43)(H,41,42);2H,1H3. The molecule has 0 atom stereocenters. The summed E-state index contributed by atoms with van der Waals surface area (Å²) in [6, 6.07) is 9.77. The number of carbonyl (C=O) groups excluding carboxylic acids is 2. The molecule has 0 bridgehead atoms. The summed E-state index contributed by atoms with van der Waals surface area (Å²) in [5.74, 6) is -2.82. The number of alkyl halides is 6. The van der Waals surface area contributed by atoms with Crippen molar-refractivity contribution in [3.63, 3.8) is 0 Å². The van der Waals surface area contributed by atoms with Crippen molar-refractivity contribution >= 4 is 57.2 Å². The fraction of sp³-hybridized carbons (Fsp3) is 0.312. The van der Waals surface area contributed by atoms with Crippen LogP contribution >= 0.6 is 24.0 Å². The Bertz CT molecular complexity index is 1830. The maximum absolute atomic E-state index is 13.8. The summed E-state index contributed by atoms with van der Waals surface area (Å²) < 4.78 is 99.4. The maximum atomic E-state index is 13.8. The van der Waals surface area contributed by atoms with Crippen LogP contribution in [0.3, 0.4) is 0 Å². The number of nitrogens with one attached hydrogen (secondary N) is 3. The zero-order valence-corrected chi connectivity index (χ0v) is 26.5. The molecule has 1 spiro atoms. The quantitative estimate of drug-likeness (QED) is 0.120. The van der Waals surface area contributed by atoms with E-state index in [0.29, 0.717) is 23.5 Å². The Morgan fingerprint density at radius 2 is 1.62 bits per heavy atom. The molecule has 6 rings (SSSR count). The molecule has 250 valence electrons. The number of benzene rings is 3. The molecular formula is C32H28F7N3O3S2. The lowest BCUT2D eigenvalue weighted by atomic mass is 9.57. The minimum Gasteiger partial charge on any atom is -0.496 e. The Morgan fingerprint density at radius 1 is 0.915 bits per heavy atom. The highest BCUT2D eigenvalue weighted by Crippen LogP contribution is 2.53. The first-order valence-corrected chi connectivity index (χ1v) is 15.9. The fourth-order valence-corrected chi connectivity index (χ4v) is 6.98. The molecule has 6 nitrogen and oxygen atoms in total. The number of halogens is 7. The van der Waals surface area contributed by atoms with Gasteiger partial charge in [0.05, 0.1) is 29.5 Å². The lowest BCUT2D eigenvalue weighted by Crippen LogP contribution is -2.59. The van der Waals surface area contributed by atoms with Crippen molar-refractivity contribution in [3.8, 4) is 5.75 Å². The molecule has 1 aliphatic carbocycles. The Kier molecular flexibility index (Phi) is 9.55. The minimum absolute atomic E-state index is 0.00467. The molecule has 1 saturated heterocycles. The minimum atomic E-state index is -5.04. The topological polar surface area (TPSA) is 79.5 Å². The van der Waals surface area contributed by atoms with E-state index in [0.717, 1.165) is 55.8 Å². The maximum Gasteiger partial charge on any atom is 0.419 e. The molecule has 15 heteroatoms. The number of ether oxygens (including phenoxy) is 1. The van der Waals surface area contributed by atoms with Crippen molar-refractivity contribution in [1.82, 2.24) is 5.32 Å². The van der Waals surface area contributed by atoms with E-state index in [1.54, 1.807) is 18.4 Å². The molecule has 0 radical (unpaired) electrons. The van der Waals surface area contributed by atoms with Crippen LogP contribution in [0.1, 0.15) is 55.5 Å². The molecule has 3 aromatic carbocycles. The van der Waals surface area contributed by atoms with Crippen molar-refractivity contribution in [2.24, 2.45) is 5.41 Å². The second-order valence-electron chi connectivity index (χ2n) is 11.3. The normalized spacial score (nSPS) is 15.7. The number of thiophene rings is 1. The monoisotopic (exact) mass is 699 g/mol. The second-order valence-corrected chi connectivity index (χ2v) is 12.3. The molecule has 2 fully saturated rings. The lowest BCUT2D eigenvalue weighted by Gasteiger charge is -2.54. The molecule has 47 heavy (non-hydrogen) atoms. The van der Waals surface area contributed by atoms with Gasteiger partial charge in [-0.05, 0) is 78.5 Å². The molecule has 2 heterocycles. The summed E-state index contributed by atoms with van der Waals surface area (Å²) in [5, 5.41) is 8.25. The van der Waals surface area contributed by atoms with Crippen molar-refractivity contribution in [1.29, 1.82) is 0 Å². The van der Waals surface area contributed by atoms with E-state index in [2.05, 4.69) is 28.6 Å². The first-order valence-electron chi connectivity index (χ1n) is 14.1. The number of fused-ring (bicyclic) bond motifs is 1. The van der Waals surface area contributed by atoms with Crippen molar-refractivity contribution in [2.75, 3.05) is 37.1 Å². The van der Waals surface area contributed by atoms with Gasteiger partial charge in [0.2, 0.25) is 0 Å². The first-order chi connectivity index (χ1) is 22.2.